The zero-order valence-corrected chi connectivity index (χ0v) is 19.0. The number of amides is 2. The number of carboxylic acids is 1. The maximum Gasteiger partial charge on any atom is 0.407 e. The molecule has 7 heteroatoms. The van der Waals surface area contributed by atoms with Crippen molar-refractivity contribution < 1.29 is 24.2 Å². The van der Waals surface area contributed by atoms with Gasteiger partial charge in [0.1, 0.15) is 12.1 Å². The molecule has 176 valence electrons. The van der Waals surface area contributed by atoms with Crippen LogP contribution >= 0.6 is 0 Å². The zero-order chi connectivity index (χ0) is 23.5. The Hall–Kier alpha value is -3.35. The van der Waals surface area contributed by atoms with Gasteiger partial charge in [0.05, 0.1) is 12.0 Å². The predicted octanol–water partition coefficient (Wildman–Crippen LogP) is 4.06. The molecule has 2 saturated heterocycles. The Kier molecular flexibility index (Phi) is 4.73. The molecule has 0 unspecified atom stereocenters. The average molecular weight is 461 g/mol. The summed E-state index contributed by atoms with van der Waals surface area (Å²) >= 11 is 0. The molecule has 2 aliphatic carbocycles. The third kappa shape index (κ3) is 3.21. The number of hydrogen-bond donors (Lipinski definition) is 2. The van der Waals surface area contributed by atoms with Gasteiger partial charge in [0.25, 0.3) is 0 Å². The number of carbonyl (C=O) groups excluding carboxylic acids is 2. The fraction of sp³-hybridized carbons (Fsp3) is 0.444. The molecule has 0 spiro atoms. The van der Waals surface area contributed by atoms with Gasteiger partial charge >= 0.3 is 12.1 Å². The third-order valence-electron chi connectivity index (χ3n) is 8.33. The van der Waals surface area contributed by atoms with Gasteiger partial charge in [-0.15, -0.1) is 0 Å². The number of carboxylic acid groups (broad SMARTS) is 1. The van der Waals surface area contributed by atoms with Gasteiger partial charge in [-0.3, -0.25) is 4.79 Å². The van der Waals surface area contributed by atoms with Crippen LogP contribution in [0.4, 0.5) is 4.79 Å². The Morgan fingerprint density at radius 2 is 1.53 bits per heavy atom. The zero-order valence-electron chi connectivity index (χ0n) is 19.0. The minimum absolute atomic E-state index is 0.00820. The Balaban J connectivity index is 1.10. The van der Waals surface area contributed by atoms with Crippen LogP contribution in [0.2, 0.25) is 0 Å². The number of ether oxygens (including phenoxy) is 1. The summed E-state index contributed by atoms with van der Waals surface area (Å²) in [4.78, 5) is 39.5. The van der Waals surface area contributed by atoms with E-state index in [1.165, 1.54) is 11.1 Å². The number of nitrogens with zero attached hydrogens (tertiary/aromatic N) is 1. The molecule has 6 rings (SSSR count). The highest BCUT2D eigenvalue weighted by Gasteiger charge is 2.60. The number of alkyl carbamates (subject to hydrolysis) is 1. The minimum atomic E-state index is -1.05. The molecular formula is C27H28N2O5. The summed E-state index contributed by atoms with van der Waals surface area (Å²) in [5.74, 6) is -1.10. The predicted molar refractivity (Wildman–Crippen MR) is 124 cm³/mol. The van der Waals surface area contributed by atoms with Crippen LogP contribution in [0.25, 0.3) is 11.1 Å². The first-order chi connectivity index (χ1) is 16.4. The highest BCUT2D eigenvalue weighted by Crippen LogP contribution is 2.49. The molecule has 2 heterocycles. The molecule has 4 aliphatic rings. The van der Waals surface area contributed by atoms with Gasteiger partial charge in [0.2, 0.25) is 5.91 Å². The number of carbonyl (C=O) groups is 3. The first-order valence-electron chi connectivity index (χ1n) is 12.1. The van der Waals surface area contributed by atoms with Gasteiger partial charge in [-0.05, 0) is 60.8 Å². The largest absolute Gasteiger partial charge is 0.479 e. The average Bonchev–Trinajstić information content (AvgIpc) is 3.20. The van der Waals surface area contributed by atoms with Crippen LogP contribution in [-0.2, 0) is 14.3 Å². The van der Waals surface area contributed by atoms with Crippen molar-refractivity contribution in [1.29, 1.82) is 0 Å². The molecule has 2 bridgehead atoms. The van der Waals surface area contributed by atoms with Crippen molar-refractivity contribution in [2.75, 3.05) is 6.61 Å². The lowest BCUT2D eigenvalue weighted by atomic mass is 9.88. The summed E-state index contributed by atoms with van der Waals surface area (Å²) in [6, 6.07) is 16.4. The van der Waals surface area contributed by atoms with Crippen LogP contribution in [0.5, 0.6) is 0 Å². The second kappa shape index (κ2) is 7.58. The van der Waals surface area contributed by atoms with E-state index in [1.807, 2.05) is 24.3 Å². The summed E-state index contributed by atoms with van der Waals surface area (Å²) in [6.45, 7) is 0.222. The van der Waals surface area contributed by atoms with Crippen LogP contribution in [0.1, 0.15) is 62.0 Å². The molecule has 2 aromatic carbocycles. The lowest BCUT2D eigenvalue weighted by molar-refractivity contribution is -0.155. The summed E-state index contributed by atoms with van der Waals surface area (Å²) in [6.07, 6.45) is 3.52. The molecule has 2 aliphatic heterocycles. The maximum absolute atomic E-state index is 13.2. The minimum Gasteiger partial charge on any atom is -0.479 e. The molecule has 3 fully saturated rings. The molecule has 2 amide bonds. The number of aliphatic carboxylic acids is 1. The van der Waals surface area contributed by atoms with E-state index in [-0.39, 0.29) is 30.9 Å². The lowest BCUT2D eigenvalue weighted by Gasteiger charge is -2.32. The highest BCUT2D eigenvalue weighted by molar-refractivity contribution is 5.90. The Bertz CT molecular complexity index is 1130. The second-order valence-corrected chi connectivity index (χ2v) is 10.2. The fourth-order valence-corrected chi connectivity index (χ4v) is 6.41. The fourth-order valence-electron chi connectivity index (χ4n) is 6.41. The van der Waals surface area contributed by atoms with Crippen LogP contribution < -0.4 is 5.32 Å². The van der Waals surface area contributed by atoms with Crippen LogP contribution in [0, 0.1) is 0 Å². The van der Waals surface area contributed by atoms with E-state index in [0.29, 0.717) is 25.7 Å². The smallest absolute Gasteiger partial charge is 0.407 e. The summed E-state index contributed by atoms with van der Waals surface area (Å²) in [5, 5.41) is 12.7. The van der Waals surface area contributed by atoms with Crippen molar-refractivity contribution in [1.82, 2.24) is 10.2 Å². The monoisotopic (exact) mass is 460 g/mol. The van der Waals surface area contributed by atoms with Crippen molar-refractivity contribution in [2.45, 2.75) is 68.0 Å². The molecule has 0 aromatic heterocycles. The third-order valence-corrected chi connectivity index (χ3v) is 8.33. The number of benzene rings is 2. The number of nitrogens with one attached hydrogen (secondary N) is 1. The quantitative estimate of drug-likeness (QED) is 0.678. The first-order valence-corrected chi connectivity index (χ1v) is 12.1. The van der Waals surface area contributed by atoms with Crippen LogP contribution in [-0.4, -0.2) is 51.7 Å². The lowest BCUT2D eigenvalue weighted by Crippen LogP contribution is -2.52. The van der Waals surface area contributed by atoms with Crippen molar-refractivity contribution in [2.24, 2.45) is 0 Å². The van der Waals surface area contributed by atoms with Crippen molar-refractivity contribution in [3.05, 3.63) is 59.7 Å². The van der Waals surface area contributed by atoms with Gasteiger partial charge in [0, 0.05) is 12.0 Å². The molecule has 2 aromatic rings. The molecule has 0 atom stereocenters. The number of fused-ring (bicyclic) bond motifs is 5. The molecule has 34 heavy (non-hydrogen) atoms. The highest BCUT2D eigenvalue weighted by atomic mass is 16.5. The van der Waals surface area contributed by atoms with Gasteiger partial charge in [0.15, 0.2) is 0 Å². The standard InChI is InChI=1S/C27H28N2O5/c30-23(29-17-9-11-27(29,12-10-17)24(31)32)15-26(13-14-26)28-25(33)34-16-22-20-7-3-1-5-18(20)19-6-2-4-8-21(19)22/h1-8,17,22H,9-16H2,(H,28,33)(H,31,32). The van der Waals surface area contributed by atoms with Crippen molar-refractivity contribution in [3.8, 4) is 11.1 Å². The summed E-state index contributed by atoms with van der Waals surface area (Å²) in [7, 11) is 0. The Morgan fingerprint density at radius 3 is 2.09 bits per heavy atom. The topological polar surface area (TPSA) is 95.9 Å². The molecule has 0 radical (unpaired) electrons. The maximum atomic E-state index is 13.2. The first kappa shape index (κ1) is 21.2. The SMILES string of the molecule is O=C(NC1(CC(=O)N2C3CCC2(C(=O)O)CC3)CC1)OCC1c2ccccc2-c2ccccc21. The summed E-state index contributed by atoms with van der Waals surface area (Å²) < 4.78 is 5.67. The number of hydrogen-bond acceptors (Lipinski definition) is 4. The van der Waals surface area contributed by atoms with E-state index >= 15 is 0 Å². The second-order valence-electron chi connectivity index (χ2n) is 10.2. The van der Waals surface area contributed by atoms with E-state index in [1.54, 1.807) is 4.90 Å². The number of rotatable bonds is 6. The Labute approximate surface area is 198 Å². The van der Waals surface area contributed by atoms with Gasteiger partial charge < -0.3 is 20.1 Å². The Morgan fingerprint density at radius 1 is 0.941 bits per heavy atom. The van der Waals surface area contributed by atoms with E-state index in [0.717, 1.165) is 24.0 Å². The van der Waals surface area contributed by atoms with Crippen LogP contribution in [0.15, 0.2) is 48.5 Å². The van der Waals surface area contributed by atoms with Gasteiger partial charge in [-0.2, -0.15) is 0 Å². The molecule has 2 N–H and O–H groups in total. The summed E-state index contributed by atoms with van der Waals surface area (Å²) in [5.41, 5.74) is 2.96. The van der Waals surface area contributed by atoms with Gasteiger partial charge in [-0.25, -0.2) is 9.59 Å². The van der Waals surface area contributed by atoms with E-state index in [4.69, 9.17) is 4.74 Å². The van der Waals surface area contributed by atoms with Crippen molar-refractivity contribution in [3.63, 3.8) is 0 Å². The molecule has 7 nitrogen and oxygen atoms in total. The van der Waals surface area contributed by atoms with Gasteiger partial charge in [-0.1, -0.05) is 48.5 Å². The van der Waals surface area contributed by atoms with E-state index in [9.17, 15) is 19.5 Å². The van der Waals surface area contributed by atoms with E-state index < -0.39 is 23.1 Å². The van der Waals surface area contributed by atoms with Crippen LogP contribution in [0.3, 0.4) is 0 Å². The molecule has 1 saturated carbocycles. The normalized spacial score (nSPS) is 25.5. The molecular weight excluding hydrogens is 432 g/mol. The van der Waals surface area contributed by atoms with E-state index in [2.05, 4.69) is 29.6 Å². The van der Waals surface area contributed by atoms with Crippen molar-refractivity contribution >= 4 is 18.0 Å².